The van der Waals surface area contributed by atoms with Gasteiger partial charge in [-0.25, -0.2) is 0 Å². The van der Waals surface area contributed by atoms with E-state index in [9.17, 15) is 5.11 Å². The highest BCUT2D eigenvalue weighted by molar-refractivity contribution is 5.24. The fraction of sp³-hybridized carbons (Fsp3) is 0.862. The van der Waals surface area contributed by atoms with Crippen LogP contribution in [0.5, 0.6) is 0 Å². The molecule has 0 amide bonds. The van der Waals surface area contributed by atoms with Crippen LogP contribution in [0.4, 0.5) is 0 Å². The molecule has 1 N–H and O–H groups in total. The van der Waals surface area contributed by atoms with E-state index in [0.717, 1.165) is 36.0 Å². The fourth-order valence-corrected chi connectivity index (χ4v) is 8.99. The fourth-order valence-electron chi connectivity index (χ4n) is 8.99. The molecule has 4 rings (SSSR count). The average Bonchev–Trinajstić information content (AvgIpc) is 3.10. The van der Waals surface area contributed by atoms with Crippen molar-refractivity contribution in [2.24, 2.45) is 46.3 Å². The highest BCUT2D eigenvalue weighted by Crippen LogP contribution is 2.67. The molecule has 3 saturated carbocycles. The molecule has 4 aliphatic carbocycles. The molecule has 30 heavy (non-hydrogen) atoms. The minimum atomic E-state index is 0.286. The molecule has 0 aromatic rings. The third-order valence-corrected chi connectivity index (χ3v) is 10.8. The summed E-state index contributed by atoms with van der Waals surface area (Å²) in [5.41, 5.74) is 4.39. The van der Waals surface area contributed by atoms with Gasteiger partial charge >= 0.3 is 0 Å². The molecule has 0 heterocycles. The predicted octanol–water partition coefficient (Wildman–Crippen LogP) is 7.95. The Morgan fingerprint density at radius 3 is 2.67 bits per heavy atom. The summed E-state index contributed by atoms with van der Waals surface area (Å²) in [6, 6.07) is 0. The van der Waals surface area contributed by atoms with Crippen LogP contribution in [0.15, 0.2) is 23.3 Å². The maximum absolute atomic E-state index is 9.58. The predicted molar refractivity (Wildman–Crippen MR) is 128 cm³/mol. The van der Waals surface area contributed by atoms with Crippen LogP contribution in [0.2, 0.25) is 0 Å². The number of rotatable bonds is 6. The van der Waals surface area contributed by atoms with Crippen LogP contribution >= 0.6 is 0 Å². The molecule has 1 unspecified atom stereocenters. The number of hydrogen-bond donors (Lipinski definition) is 1. The number of aliphatic hydroxyl groups is 1. The zero-order valence-corrected chi connectivity index (χ0v) is 20.6. The lowest BCUT2D eigenvalue weighted by Gasteiger charge is -2.58. The van der Waals surface area contributed by atoms with Crippen molar-refractivity contribution >= 4 is 0 Å². The van der Waals surface area contributed by atoms with Crippen molar-refractivity contribution < 1.29 is 5.11 Å². The van der Waals surface area contributed by atoms with E-state index in [4.69, 9.17) is 0 Å². The Balaban J connectivity index is 1.50. The van der Waals surface area contributed by atoms with Crippen molar-refractivity contribution in [2.45, 2.75) is 105 Å². The molecule has 0 aliphatic heterocycles. The number of allylic oxidation sites excluding steroid dienone is 3. The van der Waals surface area contributed by atoms with Crippen LogP contribution in [0.1, 0.15) is 105 Å². The first kappa shape index (κ1) is 22.6. The van der Waals surface area contributed by atoms with Gasteiger partial charge in [-0.1, -0.05) is 64.3 Å². The highest BCUT2D eigenvalue weighted by atomic mass is 16.3. The average molecular weight is 413 g/mol. The quantitative estimate of drug-likeness (QED) is 0.439. The Kier molecular flexibility index (Phi) is 6.61. The van der Waals surface area contributed by atoms with Gasteiger partial charge in [-0.15, -0.1) is 0 Å². The van der Waals surface area contributed by atoms with Gasteiger partial charge in [0.2, 0.25) is 0 Å². The van der Waals surface area contributed by atoms with E-state index in [2.05, 4.69) is 46.8 Å². The molecule has 0 saturated heterocycles. The highest BCUT2D eigenvalue weighted by Gasteiger charge is 2.58. The van der Waals surface area contributed by atoms with Gasteiger partial charge in [-0.3, -0.25) is 0 Å². The lowest BCUT2D eigenvalue weighted by atomic mass is 9.47. The van der Waals surface area contributed by atoms with Crippen LogP contribution < -0.4 is 0 Å². The van der Waals surface area contributed by atoms with Gasteiger partial charge in [0.25, 0.3) is 0 Å². The molecular formula is C29H48O. The summed E-state index contributed by atoms with van der Waals surface area (Å²) in [5.74, 6) is 4.83. The van der Waals surface area contributed by atoms with Crippen LogP contribution in [-0.4, -0.2) is 11.7 Å². The molecule has 170 valence electrons. The maximum atomic E-state index is 9.58. The Hall–Kier alpha value is -0.560. The lowest BCUT2D eigenvalue weighted by molar-refractivity contribution is -0.0491. The molecule has 0 aromatic carbocycles. The lowest BCUT2D eigenvalue weighted by Crippen LogP contribution is -2.50. The van der Waals surface area contributed by atoms with Crippen molar-refractivity contribution in [3.8, 4) is 0 Å². The van der Waals surface area contributed by atoms with E-state index in [1.165, 1.54) is 69.8 Å². The first-order valence-corrected chi connectivity index (χ1v) is 13.3. The number of fused-ring (bicyclic) bond motifs is 5. The second kappa shape index (κ2) is 8.76. The van der Waals surface area contributed by atoms with Crippen molar-refractivity contribution in [1.29, 1.82) is 0 Å². The van der Waals surface area contributed by atoms with Crippen molar-refractivity contribution in [3.05, 3.63) is 23.3 Å². The van der Waals surface area contributed by atoms with Gasteiger partial charge in [-0.05, 0) is 105 Å². The van der Waals surface area contributed by atoms with E-state index in [1.807, 2.05) is 5.57 Å². The third kappa shape index (κ3) is 3.66. The third-order valence-electron chi connectivity index (χ3n) is 10.8. The van der Waals surface area contributed by atoms with Gasteiger partial charge in [0, 0.05) is 12.5 Å². The van der Waals surface area contributed by atoms with Crippen LogP contribution in [-0.2, 0) is 0 Å². The largest absolute Gasteiger partial charge is 0.396 e. The Bertz CT molecular complexity index is 674. The monoisotopic (exact) mass is 412 g/mol. The molecule has 4 aliphatic rings. The smallest absolute Gasteiger partial charge is 0.0493 e. The van der Waals surface area contributed by atoms with Crippen molar-refractivity contribution in [1.82, 2.24) is 0 Å². The minimum Gasteiger partial charge on any atom is -0.396 e. The molecule has 1 heteroatoms. The first-order chi connectivity index (χ1) is 14.3. The number of hydrogen-bond acceptors (Lipinski definition) is 1. The summed E-state index contributed by atoms with van der Waals surface area (Å²) < 4.78 is 0. The van der Waals surface area contributed by atoms with E-state index >= 15 is 0 Å². The van der Waals surface area contributed by atoms with E-state index < -0.39 is 0 Å². The van der Waals surface area contributed by atoms with Crippen molar-refractivity contribution in [2.75, 3.05) is 6.61 Å². The molecule has 0 bridgehead atoms. The zero-order valence-electron chi connectivity index (χ0n) is 20.6. The molecule has 0 radical (unpaired) electrons. The Morgan fingerprint density at radius 1 is 1.13 bits per heavy atom. The summed E-state index contributed by atoms with van der Waals surface area (Å²) in [5, 5.41) is 9.58. The van der Waals surface area contributed by atoms with Gasteiger partial charge in [0.05, 0.1) is 0 Å². The van der Waals surface area contributed by atoms with Gasteiger partial charge in [0.15, 0.2) is 0 Å². The molecule has 1 nitrogen and oxygen atoms in total. The molecular weight excluding hydrogens is 364 g/mol. The summed E-state index contributed by atoms with van der Waals surface area (Å²) in [4.78, 5) is 0. The second-order valence-corrected chi connectivity index (χ2v) is 12.1. The SMILES string of the molecule is CCC(=CC[C@@H](C)[C@H]1CC[C@H]2[C@@H]3CC=C4CCCC[C@]4(C)[C@H]3CC[C@]12C)C(C)CO. The normalized spacial score (nSPS) is 43.3. The van der Waals surface area contributed by atoms with Crippen molar-refractivity contribution in [3.63, 3.8) is 0 Å². The number of aliphatic hydroxyl groups excluding tert-OH is 1. The molecule has 3 fully saturated rings. The van der Waals surface area contributed by atoms with E-state index in [1.54, 1.807) is 0 Å². The van der Waals surface area contributed by atoms with E-state index in [-0.39, 0.29) is 6.61 Å². The molecule has 0 aromatic heterocycles. The first-order valence-electron chi connectivity index (χ1n) is 13.3. The van der Waals surface area contributed by atoms with Gasteiger partial charge in [-0.2, -0.15) is 0 Å². The molecule has 8 atom stereocenters. The Morgan fingerprint density at radius 2 is 1.93 bits per heavy atom. The standard InChI is InChI=1S/C29H48O/c1-6-22(21(3)19-30)11-10-20(2)25-14-15-26-24-13-12-23-9-7-8-17-28(23,4)27(24)16-18-29(25,26)5/h11-12,20-21,24-27,30H,6-10,13-19H2,1-5H3/t20-,21?,24+,25-,26+,27+,28+,29-/m1/s1. The summed E-state index contributed by atoms with van der Waals surface area (Å²) >= 11 is 0. The van der Waals surface area contributed by atoms with Gasteiger partial charge in [0.1, 0.15) is 0 Å². The summed E-state index contributed by atoms with van der Waals surface area (Å²) in [7, 11) is 0. The van der Waals surface area contributed by atoms with E-state index in [0.29, 0.717) is 16.7 Å². The van der Waals surface area contributed by atoms with Crippen LogP contribution in [0, 0.1) is 46.3 Å². The Labute approximate surface area is 186 Å². The van der Waals surface area contributed by atoms with Gasteiger partial charge < -0.3 is 5.11 Å². The van der Waals surface area contributed by atoms with Crippen LogP contribution in [0.25, 0.3) is 0 Å². The topological polar surface area (TPSA) is 20.2 Å². The summed E-state index contributed by atoms with van der Waals surface area (Å²) in [6.45, 7) is 12.6. The maximum Gasteiger partial charge on any atom is 0.0493 e. The second-order valence-electron chi connectivity index (χ2n) is 12.1. The molecule has 0 spiro atoms. The zero-order chi connectivity index (χ0) is 21.5. The van der Waals surface area contributed by atoms with Crippen LogP contribution in [0.3, 0.4) is 0 Å². The minimum absolute atomic E-state index is 0.286. The summed E-state index contributed by atoms with van der Waals surface area (Å²) in [6.07, 6.45) is 20.5.